The topological polar surface area (TPSA) is 107 Å². The second-order valence-electron chi connectivity index (χ2n) is 9.12. The molecule has 0 radical (unpaired) electrons. The second kappa shape index (κ2) is 11.5. The number of sulfone groups is 1. The van der Waals surface area contributed by atoms with E-state index in [4.69, 9.17) is 14.6 Å². The lowest BCUT2D eigenvalue weighted by Gasteiger charge is -2.08. The molecule has 1 N–H and O–H groups in total. The molecule has 0 spiro atoms. The van der Waals surface area contributed by atoms with Crippen molar-refractivity contribution in [2.24, 2.45) is 0 Å². The van der Waals surface area contributed by atoms with E-state index in [2.05, 4.69) is 0 Å². The van der Waals surface area contributed by atoms with Crippen LogP contribution in [0.2, 0.25) is 0 Å². The van der Waals surface area contributed by atoms with Crippen molar-refractivity contribution in [2.45, 2.75) is 17.7 Å². The highest BCUT2D eigenvalue weighted by molar-refractivity contribution is 7.90. The Kier molecular flexibility index (Phi) is 8.16. The molecule has 0 bridgehead atoms. The number of hydrogen-bond acceptors (Lipinski definition) is 6. The lowest BCUT2D eigenvalue weighted by Crippen LogP contribution is -2.06. The van der Waals surface area contributed by atoms with Gasteiger partial charge >= 0.3 is 11.9 Å². The predicted molar refractivity (Wildman–Crippen MR) is 150 cm³/mol. The summed E-state index contributed by atoms with van der Waals surface area (Å²) in [5.74, 6) is -0.843. The summed E-state index contributed by atoms with van der Waals surface area (Å²) in [6, 6.07) is 27.2. The Morgan fingerprint density at radius 2 is 1.54 bits per heavy atom. The summed E-state index contributed by atoms with van der Waals surface area (Å²) in [6.45, 7) is 1.88. The van der Waals surface area contributed by atoms with Crippen molar-refractivity contribution in [3.05, 3.63) is 108 Å². The zero-order valence-electron chi connectivity index (χ0n) is 21.7. The molecule has 1 aliphatic heterocycles. The van der Waals surface area contributed by atoms with Crippen LogP contribution in [-0.4, -0.2) is 45.4 Å². The second-order valence-corrected chi connectivity index (χ2v) is 11.1. The third-order valence-electron chi connectivity index (χ3n) is 6.49. The zero-order chi connectivity index (χ0) is 28.2. The molecule has 1 aliphatic rings. The van der Waals surface area contributed by atoms with E-state index in [0.29, 0.717) is 5.57 Å². The molecule has 0 saturated heterocycles. The first-order chi connectivity index (χ1) is 18.6. The fourth-order valence-electron chi connectivity index (χ4n) is 4.21. The number of ether oxygens (including phenoxy) is 2. The first-order valence-electron chi connectivity index (χ1n) is 12.1. The third kappa shape index (κ3) is 6.35. The quantitative estimate of drug-likeness (QED) is 0.315. The van der Waals surface area contributed by atoms with E-state index >= 15 is 0 Å². The molecule has 0 amide bonds. The number of carboxylic acids is 1. The van der Waals surface area contributed by atoms with Crippen LogP contribution in [0.15, 0.2) is 95.9 Å². The molecule has 0 saturated carbocycles. The highest BCUT2D eigenvalue weighted by Crippen LogP contribution is 2.33. The molecular formula is C31H28O7S. The van der Waals surface area contributed by atoms with Crippen LogP contribution in [0.1, 0.15) is 29.5 Å². The number of aliphatic carboxylic acids is 1. The molecular weight excluding hydrogens is 516 g/mol. The van der Waals surface area contributed by atoms with Gasteiger partial charge in [-0.3, -0.25) is 4.79 Å². The SMILES string of the molecule is COc1ccc2cc([C@H](C)C(=O)O)ccc2c1.CS(=O)(=O)c1ccc(C2=C(c3ccccc3)C(=O)OC2)cc1. The Morgan fingerprint density at radius 1 is 0.897 bits per heavy atom. The predicted octanol–water partition coefficient (Wildman–Crippen LogP) is 5.59. The van der Waals surface area contributed by atoms with Gasteiger partial charge in [0.2, 0.25) is 0 Å². The fraction of sp³-hybridized carbons (Fsp3) is 0.161. The smallest absolute Gasteiger partial charge is 0.339 e. The summed E-state index contributed by atoms with van der Waals surface area (Å²) in [4.78, 5) is 23.2. The van der Waals surface area contributed by atoms with Crippen LogP contribution < -0.4 is 4.74 Å². The van der Waals surface area contributed by atoms with Crippen molar-refractivity contribution in [2.75, 3.05) is 20.0 Å². The molecule has 0 unspecified atom stereocenters. The van der Waals surface area contributed by atoms with Gasteiger partial charge in [-0.05, 0) is 58.7 Å². The minimum atomic E-state index is -3.23. The number of carboxylic acid groups (broad SMARTS) is 1. The number of rotatable bonds is 6. The maximum atomic E-state index is 12.0. The van der Waals surface area contributed by atoms with Crippen molar-refractivity contribution in [3.63, 3.8) is 0 Å². The van der Waals surface area contributed by atoms with E-state index in [1.165, 1.54) is 6.26 Å². The van der Waals surface area contributed by atoms with Gasteiger partial charge in [-0.2, -0.15) is 0 Å². The summed E-state index contributed by atoms with van der Waals surface area (Å²) in [7, 11) is -1.61. The first kappa shape index (κ1) is 27.6. The number of carbonyl (C=O) groups is 2. The number of carbonyl (C=O) groups excluding carboxylic acids is 1. The lowest BCUT2D eigenvalue weighted by molar-refractivity contribution is -0.138. The number of fused-ring (bicyclic) bond motifs is 1. The van der Waals surface area contributed by atoms with E-state index in [1.807, 2.05) is 66.7 Å². The Labute approximate surface area is 227 Å². The first-order valence-corrected chi connectivity index (χ1v) is 14.0. The van der Waals surface area contributed by atoms with Gasteiger partial charge in [0.25, 0.3) is 0 Å². The monoisotopic (exact) mass is 544 g/mol. The van der Waals surface area contributed by atoms with Crippen LogP contribution in [0.3, 0.4) is 0 Å². The van der Waals surface area contributed by atoms with Crippen LogP contribution in [0.5, 0.6) is 5.75 Å². The minimum Gasteiger partial charge on any atom is -0.497 e. The Morgan fingerprint density at radius 3 is 2.15 bits per heavy atom. The molecule has 0 aromatic heterocycles. The molecule has 1 heterocycles. The molecule has 0 fully saturated rings. The molecule has 39 heavy (non-hydrogen) atoms. The van der Waals surface area contributed by atoms with Gasteiger partial charge in [0.05, 0.1) is 23.5 Å². The molecule has 200 valence electrons. The van der Waals surface area contributed by atoms with Crippen LogP contribution in [0.25, 0.3) is 21.9 Å². The number of methoxy groups -OCH3 is 1. The Bertz CT molecular complexity index is 1650. The number of cyclic esters (lactones) is 1. The van der Waals surface area contributed by atoms with Crippen molar-refractivity contribution in [1.82, 2.24) is 0 Å². The van der Waals surface area contributed by atoms with Gasteiger partial charge in [-0.15, -0.1) is 0 Å². The van der Waals surface area contributed by atoms with Crippen molar-refractivity contribution in [3.8, 4) is 5.75 Å². The highest BCUT2D eigenvalue weighted by atomic mass is 32.2. The number of esters is 1. The van der Waals surface area contributed by atoms with Crippen molar-refractivity contribution < 1.29 is 32.6 Å². The lowest BCUT2D eigenvalue weighted by atomic mass is 9.97. The third-order valence-corrected chi connectivity index (χ3v) is 7.62. The van der Waals surface area contributed by atoms with Gasteiger partial charge in [0.15, 0.2) is 9.84 Å². The van der Waals surface area contributed by atoms with Crippen LogP contribution >= 0.6 is 0 Å². The van der Waals surface area contributed by atoms with Crippen LogP contribution in [-0.2, 0) is 24.2 Å². The van der Waals surface area contributed by atoms with Gasteiger partial charge in [-0.25, -0.2) is 13.2 Å². The van der Waals surface area contributed by atoms with E-state index in [1.54, 1.807) is 38.3 Å². The summed E-state index contributed by atoms with van der Waals surface area (Å²) < 4.78 is 33.3. The van der Waals surface area contributed by atoms with Gasteiger partial charge < -0.3 is 14.6 Å². The number of hydrogen-bond donors (Lipinski definition) is 1. The number of benzene rings is 4. The Balaban J connectivity index is 0.000000187. The van der Waals surface area contributed by atoms with Crippen LogP contribution in [0.4, 0.5) is 0 Å². The molecule has 5 rings (SSSR count). The largest absolute Gasteiger partial charge is 0.497 e. The van der Waals surface area contributed by atoms with E-state index in [0.717, 1.165) is 38.8 Å². The highest BCUT2D eigenvalue weighted by Gasteiger charge is 2.27. The summed E-state index contributed by atoms with van der Waals surface area (Å²) in [6.07, 6.45) is 1.17. The van der Waals surface area contributed by atoms with Crippen LogP contribution in [0, 0.1) is 0 Å². The minimum absolute atomic E-state index is 0.196. The summed E-state index contributed by atoms with van der Waals surface area (Å²) in [5.41, 5.74) is 3.71. The molecule has 7 nitrogen and oxygen atoms in total. The standard InChI is InChI=1S/C17H14O4S.C14H14O3/c1-22(19,20)14-9-7-12(8-10-14)15-11-21-17(18)16(15)13-5-3-2-4-6-13;1-9(14(15)16)10-3-4-12-8-13(17-2)6-5-11(12)7-10/h2-10H,11H2,1H3;3-9H,1-2H3,(H,15,16)/t;9-/m.0/s1. The van der Waals surface area contributed by atoms with Gasteiger partial charge in [-0.1, -0.05) is 66.7 Å². The average Bonchev–Trinajstić information content (AvgIpc) is 3.33. The fourth-order valence-corrected chi connectivity index (χ4v) is 4.84. The normalized spacial score (nSPS) is 13.9. The van der Waals surface area contributed by atoms with E-state index in [-0.39, 0.29) is 17.5 Å². The van der Waals surface area contributed by atoms with E-state index < -0.39 is 21.7 Å². The average molecular weight is 545 g/mol. The molecule has 0 aliphatic carbocycles. The van der Waals surface area contributed by atoms with Crippen molar-refractivity contribution in [1.29, 1.82) is 0 Å². The maximum absolute atomic E-state index is 12.0. The van der Waals surface area contributed by atoms with E-state index in [9.17, 15) is 18.0 Å². The van der Waals surface area contributed by atoms with Gasteiger partial charge in [0, 0.05) is 11.8 Å². The summed E-state index contributed by atoms with van der Waals surface area (Å²) in [5, 5.41) is 11.0. The van der Waals surface area contributed by atoms with Gasteiger partial charge in [0.1, 0.15) is 12.4 Å². The Hall–Kier alpha value is -4.43. The van der Waals surface area contributed by atoms with Crippen molar-refractivity contribution >= 4 is 43.7 Å². The molecule has 4 aromatic carbocycles. The zero-order valence-corrected chi connectivity index (χ0v) is 22.6. The summed E-state index contributed by atoms with van der Waals surface area (Å²) >= 11 is 0. The molecule has 4 aromatic rings. The maximum Gasteiger partial charge on any atom is 0.339 e. The molecule has 8 heteroatoms. The molecule has 1 atom stereocenters.